The summed E-state index contributed by atoms with van der Waals surface area (Å²) < 4.78 is 39.4. The van der Waals surface area contributed by atoms with E-state index in [2.05, 4.69) is 20.0 Å². The van der Waals surface area contributed by atoms with Gasteiger partial charge in [0.15, 0.2) is 11.5 Å². The van der Waals surface area contributed by atoms with Gasteiger partial charge in [0.2, 0.25) is 0 Å². The number of hydrogen-bond acceptors (Lipinski definition) is 8. The molecule has 0 aliphatic carbocycles. The highest BCUT2D eigenvalue weighted by atomic mass is 32.2. The van der Waals surface area contributed by atoms with E-state index in [9.17, 15) is 8.42 Å². The van der Waals surface area contributed by atoms with Gasteiger partial charge in [0, 0.05) is 24.5 Å². The number of nitrogens with two attached hydrogens (primary N) is 1. The molecule has 0 saturated carbocycles. The van der Waals surface area contributed by atoms with Crippen LogP contribution in [0.4, 0.5) is 5.82 Å². The van der Waals surface area contributed by atoms with Gasteiger partial charge in [0.25, 0.3) is 10.2 Å². The summed E-state index contributed by atoms with van der Waals surface area (Å²) in [6.07, 6.45) is 1.45. The van der Waals surface area contributed by atoms with Crippen LogP contribution in [0.15, 0.2) is 18.5 Å². The van der Waals surface area contributed by atoms with Crippen LogP contribution in [0.25, 0.3) is 10.9 Å². The lowest BCUT2D eigenvalue weighted by Gasteiger charge is -2.12. The maximum absolute atomic E-state index is 10.7. The van der Waals surface area contributed by atoms with Crippen LogP contribution in [-0.2, 0) is 14.9 Å². The molecule has 1 aromatic heterocycles. The summed E-state index contributed by atoms with van der Waals surface area (Å²) in [6.45, 7) is 1.18. The van der Waals surface area contributed by atoms with E-state index in [1.165, 1.54) is 6.33 Å². The fraction of sp³-hybridized carbons (Fsp3) is 0.429. The van der Waals surface area contributed by atoms with E-state index < -0.39 is 10.2 Å². The highest BCUT2D eigenvalue weighted by Gasteiger charge is 2.10. The van der Waals surface area contributed by atoms with E-state index >= 15 is 0 Å². The number of nitrogens with one attached hydrogen (secondary N) is 2. The van der Waals surface area contributed by atoms with Gasteiger partial charge < -0.3 is 19.5 Å². The van der Waals surface area contributed by atoms with Gasteiger partial charge in [-0.05, 0) is 6.07 Å². The standard InChI is InChI=1S/C14H21N5O5S/c1-22-12-7-10-11(8-13(12)23-2)17-9-18-14(10)16-3-5-24-6-4-19-25(15,20)21/h7-9,19H,3-6H2,1-2H3,(H2,15,20,21)(H,16,17,18). The molecule has 0 saturated heterocycles. The van der Waals surface area contributed by atoms with Crippen LogP contribution >= 0.6 is 0 Å². The summed E-state index contributed by atoms with van der Waals surface area (Å²) >= 11 is 0. The number of ether oxygens (including phenoxy) is 3. The van der Waals surface area contributed by atoms with Gasteiger partial charge in [-0.3, -0.25) is 0 Å². The molecule has 10 nitrogen and oxygen atoms in total. The van der Waals surface area contributed by atoms with Gasteiger partial charge in [-0.1, -0.05) is 0 Å². The van der Waals surface area contributed by atoms with Gasteiger partial charge in [-0.15, -0.1) is 0 Å². The Hall–Kier alpha value is -2.21. The van der Waals surface area contributed by atoms with E-state index in [1.807, 2.05) is 0 Å². The van der Waals surface area contributed by atoms with E-state index in [-0.39, 0.29) is 13.2 Å². The molecule has 0 bridgehead atoms. The van der Waals surface area contributed by atoms with E-state index in [1.54, 1.807) is 26.4 Å². The molecule has 2 aromatic rings. The van der Waals surface area contributed by atoms with Crippen molar-refractivity contribution in [2.45, 2.75) is 0 Å². The predicted octanol–water partition coefficient (Wildman–Crippen LogP) is -0.131. The first-order valence-electron chi connectivity index (χ1n) is 7.40. The van der Waals surface area contributed by atoms with Gasteiger partial charge >= 0.3 is 0 Å². The Morgan fingerprint density at radius 3 is 2.44 bits per heavy atom. The number of anilines is 1. The lowest BCUT2D eigenvalue weighted by Crippen LogP contribution is -2.33. The first-order valence-corrected chi connectivity index (χ1v) is 8.95. The van der Waals surface area contributed by atoms with Crippen LogP contribution in [0.5, 0.6) is 11.5 Å². The topological polar surface area (TPSA) is 138 Å². The summed E-state index contributed by atoms with van der Waals surface area (Å²) in [5.41, 5.74) is 0.716. The lowest BCUT2D eigenvalue weighted by molar-refractivity contribution is 0.149. The SMILES string of the molecule is COc1cc2ncnc(NCCOCCNS(N)(=O)=O)c2cc1OC. The number of aromatic nitrogens is 2. The zero-order valence-electron chi connectivity index (χ0n) is 14.0. The summed E-state index contributed by atoms with van der Waals surface area (Å²) in [5.74, 6) is 1.81. The average Bonchev–Trinajstić information content (AvgIpc) is 2.58. The van der Waals surface area contributed by atoms with Crippen LogP contribution in [0.2, 0.25) is 0 Å². The highest BCUT2D eigenvalue weighted by molar-refractivity contribution is 7.87. The Bertz CT molecular complexity index is 815. The summed E-state index contributed by atoms with van der Waals surface area (Å²) in [5, 5.41) is 8.75. The molecule has 11 heteroatoms. The number of rotatable bonds is 10. The van der Waals surface area contributed by atoms with Crippen LogP contribution < -0.4 is 24.7 Å². The summed E-state index contributed by atoms with van der Waals surface area (Å²) in [4.78, 5) is 8.44. The molecule has 0 aliphatic rings. The molecule has 1 heterocycles. The van der Waals surface area contributed by atoms with E-state index in [0.29, 0.717) is 36.0 Å². The third kappa shape index (κ3) is 5.67. The molecule has 0 amide bonds. The van der Waals surface area contributed by atoms with Gasteiger partial charge in [0.1, 0.15) is 12.1 Å². The lowest BCUT2D eigenvalue weighted by atomic mass is 10.2. The van der Waals surface area contributed by atoms with Crippen molar-refractivity contribution in [3.8, 4) is 11.5 Å². The van der Waals surface area contributed by atoms with E-state index in [0.717, 1.165) is 5.39 Å². The minimum Gasteiger partial charge on any atom is -0.493 e. The number of fused-ring (bicyclic) bond motifs is 1. The number of methoxy groups -OCH3 is 2. The Kier molecular flexibility index (Phi) is 6.70. The molecule has 0 atom stereocenters. The van der Waals surface area contributed by atoms with Crippen molar-refractivity contribution in [2.24, 2.45) is 5.14 Å². The minimum absolute atomic E-state index is 0.117. The van der Waals surface area contributed by atoms with Gasteiger partial charge in [-0.2, -0.15) is 8.42 Å². The normalized spacial score (nSPS) is 11.5. The Balaban J connectivity index is 1.93. The molecule has 0 fully saturated rings. The third-order valence-corrected chi connectivity index (χ3v) is 3.84. The highest BCUT2D eigenvalue weighted by Crippen LogP contribution is 2.33. The van der Waals surface area contributed by atoms with Crippen LogP contribution in [0, 0.1) is 0 Å². The first kappa shape index (κ1) is 19.1. The summed E-state index contributed by atoms with van der Waals surface area (Å²) in [7, 11) is -0.560. The molecular weight excluding hydrogens is 350 g/mol. The molecule has 138 valence electrons. The maximum Gasteiger partial charge on any atom is 0.274 e. The van der Waals surface area contributed by atoms with Crippen molar-refractivity contribution < 1.29 is 22.6 Å². The van der Waals surface area contributed by atoms with Crippen molar-refractivity contribution in [1.82, 2.24) is 14.7 Å². The summed E-state index contributed by atoms with van der Waals surface area (Å²) in [6, 6.07) is 3.57. The predicted molar refractivity (Wildman–Crippen MR) is 93.1 cm³/mol. The molecule has 4 N–H and O–H groups in total. The molecule has 0 spiro atoms. The van der Waals surface area contributed by atoms with Crippen molar-refractivity contribution in [3.05, 3.63) is 18.5 Å². The second-order valence-electron chi connectivity index (χ2n) is 4.93. The zero-order chi connectivity index (χ0) is 18.3. The Labute approximate surface area is 145 Å². The van der Waals surface area contributed by atoms with Gasteiger partial charge in [-0.25, -0.2) is 19.8 Å². The molecule has 0 unspecified atom stereocenters. The smallest absolute Gasteiger partial charge is 0.274 e. The van der Waals surface area contributed by atoms with Crippen molar-refractivity contribution in [2.75, 3.05) is 45.8 Å². The Morgan fingerprint density at radius 2 is 1.76 bits per heavy atom. The number of nitrogens with zero attached hydrogens (tertiary/aromatic N) is 2. The van der Waals surface area contributed by atoms with Crippen molar-refractivity contribution in [1.29, 1.82) is 0 Å². The second-order valence-corrected chi connectivity index (χ2v) is 6.30. The van der Waals surface area contributed by atoms with Crippen LogP contribution in [0.1, 0.15) is 0 Å². The molecule has 25 heavy (non-hydrogen) atoms. The monoisotopic (exact) mass is 371 g/mol. The fourth-order valence-electron chi connectivity index (χ4n) is 2.12. The zero-order valence-corrected chi connectivity index (χ0v) is 14.8. The molecular formula is C14H21N5O5S. The number of benzene rings is 1. The number of hydrogen-bond donors (Lipinski definition) is 3. The van der Waals surface area contributed by atoms with Gasteiger partial charge in [0.05, 0.1) is 33.0 Å². The second kappa shape index (κ2) is 8.76. The largest absolute Gasteiger partial charge is 0.493 e. The minimum atomic E-state index is -3.68. The fourth-order valence-corrected chi connectivity index (χ4v) is 2.49. The first-order chi connectivity index (χ1) is 11.9. The third-order valence-electron chi connectivity index (χ3n) is 3.23. The molecule has 0 radical (unpaired) electrons. The van der Waals surface area contributed by atoms with Crippen molar-refractivity contribution in [3.63, 3.8) is 0 Å². The maximum atomic E-state index is 10.7. The van der Waals surface area contributed by atoms with Crippen LogP contribution in [0.3, 0.4) is 0 Å². The average molecular weight is 371 g/mol. The van der Waals surface area contributed by atoms with Crippen molar-refractivity contribution >= 4 is 26.9 Å². The molecule has 0 aliphatic heterocycles. The van der Waals surface area contributed by atoms with Crippen LogP contribution in [-0.4, -0.2) is 58.9 Å². The molecule has 1 aromatic carbocycles. The Morgan fingerprint density at radius 1 is 1.08 bits per heavy atom. The molecule has 2 rings (SSSR count). The quantitative estimate of drug-likeness (QED) is 0.491. The van der Waals surface area contributed by atoms with E-state index in [4.69, 9.17) is 19.3 Å².